The van der Waals surface area contributed by atoms with Gasteiger partial charge in [0.25, 0.3) is 0 Å². The van der Waals surface area contributed by atoms with Gasteiger partial charge in [-0.3, -0.25) is 0 Å². The molecule has 0 saturated carbocycles. The van der Waals surface area contributed by atoms with Crippen LogP contribution >= 0.6 is 0 Å². The lowest BCUT2D eigenvalue weighted by molar-refractivity contribution is -0.147. The molecular formula is C16H29BO2. The van der Waals surface area contributed by atoms with E-state index in [2.05, 4.69) is 6.92 Å². The van der Waals surface area contributed by atoms with Crippen LogP contribution in [-0.4, -0.2) is 25.7 Å². The van der Waals surface area contributed by atoms with Crippen LogP contribution in [0.3, 0.4) is 0 Å². The van der Waals surface area contributed by atoms with Gasteiger partial charge in [0.1, 0.15) is 6.71 Å². The quantitative estimate of drug-likeness (QED) is 0.536. The molecule has 0 unspecified atom stereocenters. The summed E-state index contributed by atoms with van der Waals surface area (Å²) in [7, 11) is 0. The first-order valence-electron chi connectivity index (χ1n) is 8.55. The highest BCUT2D eigenvalue weighted by Crippen LogP contribution is 2.48. The van der Waals surface area contributed by atoms with Crippen molar-refractivity contribution in [1.29, 1.82) is 0 Å². The number of unbranched alkanes of at least 4 members (excludes halogenated alkanes) is 1. The van der Waals surface area contributed by atoms with Crippen molar-refractivity contribution >= 4 is 6.71 Å². The van der Waals surface area contributed by atoms with Gasteiger partial charge < -0.3 is 9.47 Å². The summed E-state index contributed by atoms with van der Waals surface area (Å²) in [6.45, 7) is 4.72. The number of hydrogen-bond acceptors (Lipinski definition) is 2. The van der Waals surface area contributed by atoms with Crippen LogP contribution in [0.4, 0.5) is 0 Å². The summed E-state index contributed by atoms with van der Waals surface area (Å²) in [5, 5.41) is 0. The Hall–Kier alpha value is -0.0151. The molecule has 19 heavy (non-hydrogen) atoms. The van der Waals surface area contributed by atoms with E-state index >= 15 is 0 Å². The Morgan fingerprint density at radius 1 is 0.947 bits per heavy atom. The Bertz CT molecular complexity index is 266. The van der Waals surface area contributed by atoms with Crippen molar-refractivity contribution in [2.45, 2.75) is 88.5 Å². The third-order valence-electron chi connectivity index (χ3n) is 5.83. The molecule has 0 aromatic heterocycles. The van der Waals surface area contributed by atoms with Crippen LogP contribution in [0.15, 0.2) is 0 Å². The average Bonchev–Trinajstić information content (AvgIpc) is 2.81. The summed E-state index contributed by atoms with van der Waals surface area (Å²) in [5.41, 5.74) is 0. The molecule has 3 heterocycles. The van der Waals surface area contributed by atoms with E-state index in [1.165, 1.54) is 57.7 Å². The van der Waals surface area contributed by atoms with Gasteiger partial charge in [-0.1, -0.05) is 62.9 Å². The van der Waals surface area contributed by atoms with Gasteiger partial charge in [-0.05, 0) is 13.3 Å². The van der Waals surface area contributed by atoms with Crippen LogP contribution in [0, 0.1) is 0 Å². The van der Waals surface area contributed by atoms with Crippen molar-refractivity contribution in [2.24, 2.45) is 0 Å². The van der Waals surface area contributed by atoms with Crippen molar-refractivity contribution in [1.82, 2.24) is 0 Å². The smallest absolute Gasteiger partial charge is 0.165 e. The molecule has 0 atom stereocenters. The second kappa shape index (κ2) is 6.18. The Balaban J connectivity index is 1.39. The summed E-state index contributed by atoms with van der Waals surface area (Å²) in [4.78, 5) is 0. The number of hydrogen-bond donors (Lipinski definition) is 0. The highest BCUT2D eigenvalue weighted by Gasteiger charge is 2.38. The maximum atomic E-state index is 5.68. The molecule has 0 spiro atoms. The molecular weight excluding hydrogens is 235 g/mol. The topological polar surface area (TPSA) is 18.5 Å². The van der Waals surface area contributed by atoms with Crippen molar-refractivity contribution in [2.75, 3.05) is 13.2 Å². The van der Waals surface area contributed by atoms with Gasteiger partial charge in [0.15, 0.2) is 5.79 Å². The van der Waals surface area contributed by atoms with Gasteiger partial charge in [-0.25, -0.2) is 0 Å². The summed E-state index contributed by atoms with van der Waals surface area (Å²) >= 11 is 0. The second-order valence-electron chi connectivity index (χ2n) is 7.12. The molecule has 0 amide bonds. The fourth-order valence-corrected chi connectivity index (χ4v) is 4.81. The summed E-state index contributed by atoms with van der Waals surface area (Å²) in [6, 6.07) is 0. The van der Waals surface area contributed by atoms with E-state index in [9.17, 15) is 0 Å². The molecule has 2 nitrogen and oxygen atoms in total. The van der Waals surface area contributed by atoms with E-state index in [1.807, 2.05) is 0 Å². The summed E-state index contributed by atoms with van der Waals surface area (Å²) in [5.74, 6) is 1.88. The van der Waals surface area contributed by atoms with Crippen molar-refractivity contribution in [3.8, 4) is 0 Å². The first-order chi connectivity index (χ1) is 9.27. The zero-order valence-electron chi connectivity index (χ0n) is 12.5. The second-order valence-corrected chi connectivity index (χ2v) is 7.12. The van der Waals surface area contributed by atoms with Crippen LogP contribution in [0.2, 0.25) is 18.0 Å². The molecule has 0 radical (unpaired) electrons. The lowest BCUT2D eigenvalue weighted by Crippen LogP contribution is -2.34. The molecule has 0 N–H and O–H groups in total. The predicted molar refractivity (Wildman–Crippen MR) is 79.9 cm³/mol. The normalized spacial score (nSPS) is 33.6. The van der Waals surface area contributed by atoms with Gasteiger partial charge in [-0.2, -0.15) is 0 Å². The molecule has 3 aliphatic rings. The monoisotopic (exact) mass is 264 g/mol. The first kappa shape index (κ1) is 13.9. The molecule has 0 aromatic carbocycles. The van der Waals surface area contributed by atoms with Gasteiger partial charge in [0.05, 0.1) is 13.2 Å². The van der Waals surface area contributed by atoms with E-state index in [4.69, 9.17) is 9.47 Å². The van der Waals surface area contributed by atoms with E-state index < -0.39 is 0 Å². The van der Waals surface area contributed by atoms with Crippen LogP contribution in [0.25, 0.3) is 0 Å². The maximum Gasteiger partial charge on any atom is 0.165 e. The third-order valence-corrected chi connectivity index (χ3v) is 5.83. The van der Waals surface area contributed by atoms with Crippen LogP contribution in [0.5, 0.6) is 0 Å². The zero-order valence-corrected chi connectivity index (χ0v) is 12.5. The Labute approximate surface area is 118 Å². The lowest BCUT2D eigenvalue weighted by Gasteiger charge is -2.40. The van der Waals surface area contributed by atoms with Crippen LogP contribution < -0.4 is 0 Å². The predicted octanol–water partition coefficient (Wildman–Crippen LogP) is 4.52. The highest BCUT2D eigenvalue weighted by atomic mass is 16.7. The fourth-order valence-electron chi connectivity index (χ4n) is 4.81. The van der Waals surface area contributed by atoms with Gasteiger partial charge >= 0.3 is 0 Å². The molecule has 0 aromatic rings. The molecule has 3 fully saturated rings. The zero-order chi connectivity index (χ0) is 13.1. The first-order valence-corrected chi connectivity index (χ1v) is 8.55. The number of fused-ring (bicyclic) bond motifs is 2. The third kappa shape index (κ3) is 3.36. The molecule has 108 valence electrons. The van der Waals surface area contributed by atoms with Gasteiger partial charge in [0, 0.05) is 6.42 Å². The molecule has 0 aliphatic carbocycles. The van der Waals surface area contributed by atoms with Gasteiger partial charge in [-0.15, -0.1) is 0 Å². The Kier molecular flexibility index (Phi) is 4.53. The SMILES string of the molecule is CC1(CCCCB2C3CCCC2CCC3)OCCO1. The van der Waals surface area contributed by atoms with Gasteiger partial charge in [0.2, 0.25) is 0 Å². The molecule has 3 saturated heterocycles. The standard InChI is InChI=1S/C16H29BO2/c1-16(18-12-13-19-16)10-2-3-11-17-14-6-4-7-15(17)9-5-8-14/h14-15H,2-13H2,1H3. The van der Waals surface area contributed by atoms with E-state index in [0.717, 1.165) is 38.0 Å². The number of rotatable bonds is 5. The minimum absolute atomic E-state index is 0.261. The lowest BCUT2D eigenvalue weighted by atomic mass is 9.26. The average molecular weight is 264 g/mol. The van der Waals surface area contributed by atoms with E-state index in [1.54, 1.807) is 0 Å². The molecule has 3 aliphatic heterocycles. The minimum Gasteiger partial charge on any atom is -0.348 e. The molecule has 3 rings (SSSR count). The van der Waals surface area contributed by atoms with Crippen LogP contribution in [-0.2, 0) is 9.47 Å². The molecule has 3 heteroatoms. The van der Waals surface area contributed by atoms with Crippen molar-refractivity contribution in [3.05, 3.63) is 0 Å². The van der Waals surface area contributed by atoms with E-state index in [0.29, 0.717) is 0 Å². The van der Waals surface area contributed by atoms with Crippen LogP contribution in [0.1, 0.15) is 64.7 Å². The summed E-state index contributed by atoms with van der Waals surface area (Å²) in [6.07, 6.45) is 14.3. The number of ether oxygens (including phenoxy) is 2. The van der Waals surface area contributed by atoms with Crippen molar-refractivity contribution in [3.63, 3.8) is 0 Å². The minimum atomic E-state index is -0.261. The summed E-state index contributed by atoms with van der Waals surface area (Å²) < 4.78 is 11.4. The maximum absolute atomic E-state index is 5.68. The fraction of sp³-hybridized carbons (Fsp3) is 1.00. The van der Waals surface area contributed by atoms with Crippen molar-refractivity contribution < 1.29 is 9.47 Å². The Morgan fingerprint density at radius 3 is 2.11 bits per heavy atom. The highest BCUT2D eigenvalue weighted by molar-refractivity contribution is 6.62. The Morgan fingerprint density at radius 2 is 1.53 bits per heavy atom. The molecule has 2 bridgehead atoms. The largest absolute Gasteiger partial charge is 0.348 e. The van der Waals surface area contributed by atoms with E-state index in [-0.39, 0.29) is 5.79 Å².